The minimum Gasteiger partial charge on any atom is -0.459 e. The van der Waals surface area contributed by atoms with E-state index in [0.717, 1.165) is 28.2 Å². The Balaban J connectivity index is 1.29. The standard InChI is InChI=1S/C19H20N4O3S/c1-13-4-5-14-16(11-13)27-19(20-14)21-17(24)12-22-6-8-23(9-7-22)18(25)15-3-2-10-26-15/h2-5,10-11H,6-9,12H2,1H3,(H,20,21,24)/p+1. The first-order chi connectivity index (χ1) is 13.1. The van der Waals surface area contributed by atoms with Crippen LogP contribution in [0, 0.1) is 6.92 Å². The smallest absolute Gasteiger partial charge is 0.289 e. The summed E-state index contributed by atoms with van der Waals surface area (Å²) < 4.78 is 6.24. The molecule has 2 N–H and O–H groups in total. The van der Waals surface area contributed by atoms with E-state index in [4.69, 9.17) is 4.42 Å². The molecule has 7 nitrogen and oxygen atoms in total. The lowest BCUT2D eigenvalue weighted by atomic mass is 10.2. The molecule has 3 aromatic rings. The van der Waals surface area contributed by atoms with E-state index in [-0.39, 0.29) is 11.8 Å². The van der Waals surface area contributed by atoms with Crippen molar-refractivity contribution in [2.45, 2.75) is 6.92 Å². The van der Waals surface area contributed by atoms with Crippen LogP contribution in [0.25, 0.3) is 10.2 Å². The Bertz CT molecular complexity index is 959. The van der Waals surface area contributed by atoms with Crippen LogP contribution in [-0.4, -0.2) is 54.4 Å². The molecule has 0 spiro atoms. The topological polar surface area (TPSA) is 79.9 Å². The molecule has 0 atom stereocenters. The number of nitrogens with zero attached hydrogens (tertiary/aromatic N) is 2. The zero-order valence-electron chi connectivity index (χ0n) is 15.0. The maximum atomic E-state index is 12.4. The van der Waals surface area contributed by atoms with Gasteiger partial charge in [-0.15, -0.1) is 0 Å². The van der Waals surface area contributed by atoms with Crippen molar-refractivity contribution >= 4 is 38.5 Å². The number of piperazine rings is 1. The van der Waals surface area contributed by atoms with Gasteiger partial charge in [-0.3, -0.25) is 14.9 Å². The highest BCUT2D eigenvalue weighted by Gasteiger charge is 2.27. The zero-order valence-corrected chi connectivity index (χ0v) is 15.8. The average molecular weight is 385 g/mol. The van der Waals surface area contributed by atoms with E-state index in [2.05, 4.69) is 16.4 Å². The summed E-state index contributed by atoms with van der Waals surface area (Å²) in [5.41, 5.74) is 2.08. The van der Waals surface area contributed by atoms with Crippen LogP contribution in [0.3, 0.4) is 0 Å². The number of thiazole rings is 1. The fourth-order valence-corrected chi connectivity index (χ4v) is 4.21. The lowest BCUT2D eigenvalue weighted by Crippen LogP contribution is -3.15. The number of quaternary nitrogens is 1. The third kappa shape index (κ3) is 4.01. The Morgan fingerprint density at radius 3 is 2.85 bits per heavy atom. The van der Waals surface area contributed by atoms with Crippen molar-refractivity contribution in [1.82, 2.24) is 9.88 Å². The first-order valence-electron chi connectivity index (χ1n) is 8.92. The minimum absolute atomic E-state index is 0.0495. The highest BCUT2D eigenvalue weighted by atomic mass is 32.1. The summed E-state index contributed by atoms with van der Waals surface area (Å²) in [5.74, 6) is 0.224. The predicted octanol–water partition coefficient (Wildman–Crippen LogP) is 1.18. The van der Waals surface area contributed by atoms with E-state index < -0.39 is 0 Å². The average Bonchev–Trinajstić information content (AvgIpc) is 3.30. The molecule has 0 radical (unpaired) electrons. The molecule has 2 aromatic heterocycles. The molecule has 1 saturated heterocycles. The zero-order chi connectivity index (χ0) is 18.8. The van der Waals surface area contributed by atoms with E-state index >= 15 is 0 Å². The van der Waals surface area contributed by atoms with Gasteiger partial charge in [-0.25, -0.2) is 4.98 Å². The summed E-state index contributed by atoms with van der Waals surface area (Å²) in [6.45, 7) is 5.11. The van der Waals surface area contributed by atoms with Gasteiger partial charge in [0, 0.05) is 0 Å². The summed E-state index contributed by atoms with van der Waals surface area (Å²) in [6.07, 6.45) is 1.50. The number of furan rings is 1. The Labute approximate surface area is 160 Å². The van der Waals surface area contributed by atoms with Gasteiger partial charge in [0.1, 0.15) is 0 Å². The second kappa shape index (κ2) is 7.50. The highest BCUT2D eigenvalue weighted by molar-refractivity contribution is 7.22. The van der Waals surface area contributed by atoms with Crippen molar-refractivity contribution in [3.05, 3.63) is 47.9 Å². The number of rotatable bonds is 4. The molecule has 27 heavy (non-hydrogen) atoms. The number of hydrogen-bond acceptors (Lipinski definition) is 5. The highest BCUT2D eigenvalue weighted by Crippen LogP contribution is 2.26. The first-order valence-corrected chi connectivity index (χ1v) is 9.73. The molecule has 1 aromatic carbocycles. The van der Waals surface area contributed by atoms with Crippen molar-refractivity contribution in [3.63, 3.8) is 0 Å². The molecule has 1 aliphatic heterocycles. The summed E-state index contributed by atoms with van der Waals surface area (Å²) in [4.78, 5) is 32.0. The maximum Gasteiger partial charge on any atom is 0.289 e. The van der Waals surface area contributed by atoms with Crippen molar-refractivity contribution in [3.8, 4) is 0 Å². The fourth-order valence-electron chi connectivity index (χ4n) is 3.23. The molecular weight excluding hydrogens is 364 g/mol. The van der Waals surface area contributed by atoms with Crippen LogP contribution in [0.15, 0.2) is 41.0 Å². The van der Waals surface area contributed by atoms with Crippen LogP contribution < -0.4 is 10.2 Å². The molecule has 8 heteroatoms. The van der Waals surface area contributed by atoms with Crippen molar-refractivity contribution in [1.29, 1.82) is 0 Å². The molecule has 4 rings (SSSR count). The monoisotopic (exact) mass is 385 g/mol. The van der Waals surface area contributed by atoms with Crippen LogP contribution in [0.5, 0.6) is 0 Å². The van der Waals surface area contributed by atoms with Gasteiger partial charge in [-0.1, -0.05) is 17.4 Å². The molecule has 0 bridgehead atoms. The largest absolute Gasteiger partial charge is 0.459 e. The van der Waals surface area contributed by atoms with Crippen LogP contribution in [-0.2, 0) is 4.79 Å². The van der Waals surface area contributed by atoms with E-state index in [1.807, 2.05) is 19.1 Å². The molecule has 1 aliphatic rings. The number of hydrogen-bond donors (Lipinski definition) is 2. The lowest BCUT2D eigenvalue weighted by molar-refractivity contribution is -0.895. The van der Waals surface area contributed by atoms with Crippen LogP contribution in [0.2, 0.25) is 0 Å². The van der Waals surface area contributed by atoms with Gasteiger partial charge in [-0.2, -0.15) is 0 Å². The molecular formula is C19H21N4O3S+. The van der Waals surface area contributed by atoms with Crippen LogP contribution >= 0.6 is 11.3 Å². The van der Waals surface area contributed by atoms with Crippen LogP contribution in [0.1, 0.15) is 16.1 Å². The second-order valence-electron chi connectivity index (χ2n) is 6.73. The molecule has 2 amide bonds. The number of carbonyl (C=O) groups excluding carboxylic acids is 2. The number of aryl methyl sites for hydroxylation is 1. The lowest BCUT2D eigenvalue weighted by Gasteiger charge is -2.31. The van der Waals surface area contributed by atoms with Gasteiger partial charge in [0.2, 0.25) is 0 Å². The quantitative estimate of drug-likeness (QED) is 0.707. The van der Waals surface area contributed by atoms with Gasteiger partial charge in [-0.05, 0) is 36.8 Å². The van der Waals surface area contributed by atoms with Gasteiger partial charge in [0.15, 0.2) is 17.4 Å². The molecule has 1 fully saturated rings. The maximum absolute atomic E-state index is 12.4. The third-order valence-electron chi connectivity index (χ3n) is 4.69. The van der Waals surface area contributed by atoms with E-state index in [0.29, 0.717) is 30.5 Å². The van der Waals surface area contributed by atoms with E-state index in [1.54, 1.807) is 17.0 Å². The number of fused-ring (bicyclic) bond motifs is 1. The number of amides is 2. The summed E-state index contributed by atoms with van der Waals surface area (Å²) in [5, 5.41) is 3.54. The van der Waals surface area contributed by atoms with Crippen LogP contribution in [0.4, 0.5) is 5.13 Å². The third-order valence-corrected chi connectivity index (χ3v) is 5.62. The SMILES string of the molecule is Cc1ccc2nc(NC(=O)C[NH+]3CCN(C(=O)c4ccco4)CC3)sc2c1. The molecule has 0 saturated carbocycles. The Kier molecular flexibility index (Phi) is 4.91. The van der Waals surface area contributed by atoms with Gasteiger partial charge < -0.3 is 14.2 Å². The Morgan fingerprint density at radius 2 is 2.11 bits per heavy atom. The number of carbonyl (C=O) groups is 2. The number of anilines is 1. The Hall–Kier alpha value is -2.71. The van der Waals surface area contributed by atoms with Crippen molar-refractivity contribution in [2.75, 3.05) is 38.0 Å². The Morgan fingerprint density at radius 1 is 1.30 bits per heavy atom. The molecule has 3 heterocycles. The predicted molar refractivity (Wildman–Crippen MR) is 103 cm³/mol. The summed E-state index contributed by atoms with van der Waals surface area (Å²) >= 11 is 1.49. The van der Waals surface area contributed by atoms with E-state index in [1.165, 1.54) is 23.2 Å². The summed E-state index contributed by atoms with van der Waals surface area (Å²) in [7, 11) is 0. The number of aromatic nitrogens is 1. The normalized spacial score (nSPS) is 15.2. The van der Waals surface area contributed by atoms with Gasteiger partial charge in [0.05, 0.1) is 42.7 Å². The van der Waals surface area contributed by atoms with E-state index in [9.17, 15) is 9.59 Å². The molecule has 140 valence electrons. The minimum atomic E-state index is -0.0896. The molecule has 0 unspecified atom stereocenters. The first kappa shape index (κ1) is 17.7. The second-order valence-corrected chi connectivity index (χ2v) is 7.77. The number of benzene rings is 1. The number of nitrogens with one attached hydrogen (secondary N) is 2. The molecule has 0 aliphatic carbocycles. The van der Waals surface area contributed by atoms with Gasteiger partial charge >= 0.3 is 0 Å². The summed E-state index contributed by atoms with van der Waals surface area (Å²) in [6, 6.07) is 9.44. The van der Waals surface area contributed by atoms with Gasteiger partial charge in [0.25, 0.3) is 11.8 Å². The van der Waals surface area contributed by atoms with Crippen molar-refractivity contribution < 1.29 is 18.9 Å². The van der Waals surface area contributed by atoms with Crippen molar-refractivity contribution in [2.24, 2.45) is 0 Å². The fraction of sp³-hybridized carbons (Fsp3) is 0.316.